The predicted octanol–water partition coefficient (Wildman–Crippen LogP) is 3.81. The van der Waals surface area contributed by atoms with Gasteiger partial charge in [-0.05, 0) is 52.3 Å². The van der Waals surface area contributed by atoms with E-state index in [9.17, 15) is 14.0 Å². The van der Waals surface area contributed by atoms with Crippen LogP contribution in [0.2, 0.25) is 0 Å². The summed E-state index contributed by atoms with van der Waals surface area (Å²) >= 11 is 0. The van der Waals surface area contributed by atoms with Gasteiger partial charge in [0.15, 0.2) is 0 Å². The number of carbonyl (C=O) groups is 2. The lowest BCUT2D eigenvalue weighted by atomic mass is 10.2. The average molecular weight is 542 g/mol. The van der Waals surface area contributed by atoms with Gasteiger partial charge < -0.3 is 20.7 Å². The minimum Gasteiger partial charge on any atom is -0.444 e. The molecular weight excluding hydrogens is 505 g/mol. The zero-order chi connectivity index (χ0) is 28.6. The second-order valence-electron chi connectivity index (χ2n) is 9.94. The molecule has 12 nitrogen and oxygen atoms in total. The highest BCUT2D eigenvalue weighted by Crippen LogP contribution is 2.26. The number of benzene rings is 1. The van der Waals surface area contributed by atoms with Crippen LogP contribution in [0, 0.1) is 5.82 Å². The smallest absolute Gasteiger partial charge is 0.410 e. The molecule has 0 bridgehead atoms. The van der Waals surface area contributed by atoms with Gasteiger partial charge in [0.1, 0.15) is 29.0 Å². The minimum atomic E-state index is -0.713. The number of nitrogens with zero attached hydrogens (tertiary/aromatic N) is 6. The molecule has 0 radical (unpaired) electrons. The molecule has 2 heterocycles. The summed E-state index contributed by atoms with van der Waals surface area (Å²) in [4.78, 5) is 34.9. The lowest BCUT2D eigenvalue weighted by molar-refractivity contribution is -0.125. The first-order valence-electron chi connectivity index (χ1n) is 12.7. The molecule has 13 heteroatoms. The summed E-state index contributed by atoms with van der Waals surface area (Å²) in [6, 6.07) is 5.33. The maximum atomic E-state index is 13.5. The van der Waals surface area contributed by atoms with Crippen molar-refractivity contribution in [3.8, 4) is 11.3 Å². The molecule has 3 N–H and O–H groups in total. The molecule has 0 saturated heterocycles. The van der Waals surface area contributed by atoms with Crippen LogP contribution in [0.15, 0.2) is 36.7 Å². The third kappa shape index (κ3) is 8.62. The van der Waals surface area contributed by atoms with E-state index >= 15 is 0 Å². The van der Waals surface area contributed by atoms with Crippen LogP contribution in [-0.2, 0) is 16.1 Å². The number of anilines is 3. The van der Waals surface area contributed by atoms with Crippen LogP contribution in [0.25, 0.3) is 11.3 Å². The molecule has 0 unspecified atom stereocenters. The Morgan fingerprint density at radius 3 is 2.69 bits per heavy atom. The number of carbonyl (C=O) groups excluding carboxylic acids is 2. The molecule has 1 aromatic carbocycles. The number of hydrogen-bond acceptors (Lipinski definition) is 9. The van der Waals surface area contributed by atoms with E-state index in [1.807, 2.05) is 6.92 Å². The molecule has 2 amide bonds. The lowest BCUT2D eigenvalue weighted by Crippen LogP contribution is -2.48. The Bertz CT molecular complexity index is 1280. The van der Waals surface area contributed by atoms with Crippen molar-refractivity contribution in [1.82, 2.24) is 35.2 Å². The highest BCUT2D eigenvalue weighted by molar-refractivity contribution is 5.85. The summed E-state index contributed by atoms with van der Waals surface area (Å²) in [5, 5.41) is 17.5. The highest BCUT2D eigenvalue weighted by atomic mass is 19.1. The maximum Gasteiger partial charge on any atom is 0.410 e. The van der Waals surface area contributed by atoms with Crippen molar-refractivity contribution in [3.63, 3.8) is 0 Å². The van der Waals surface area contributed by atoms with Crippen molar-refractivity contribution in [1.29, 1.82) is 0 Å². The number of hydrogen-bond donors (Lipinski definition) is 3. The van der Waals surface area contributed by atoms with Gasteiger partial charge in [-0.25, -0.2) is 14.2 Å². The first-order valence-corrected chi connectivity index (χ1v) is 12.7. The van der Waals surface area contributed by atoms with Crippen molar-refractivity contribution < 1.29 is 18.7 Å². The molecule has 39 heavy (non-hydrogen) atoms. The molecule has 0 aliphatic heterocycles. The minimum absolute atomic E-state index is 0.280. The Morgan fingerprint density at radius 2 is 2.00 bits per heavy atom. The van der Waals surface area contributed by atoms with Crippen LogP contribution in [-0.4, -0.2) is 73.6 Å². The van der Waals surface area contributed by atoms with Gasteiger partial charge in [0.25, 0.3) is 0 Å². The van der Waals surface area contributed by atoms with Crippen LogP contribution in [0.5, 0.6) is 0 Å². The normalized spacial score (nSPS) is 12.0. The molecule has 0 saturated carbocycles. The molecule has 2 aromatic heterocycles. The number of amides is 2. The van der Waals surface area contributed by atoms with Gasteiger partial charge in [-0.1, -0.05) is 18.2 Å². The van der Waals surface area contributed by atoms with Gasteiger partial charge in [-0.2, -0.15) is 4.98 Å². The Morgan fingerprint density at radius 1 is 1.23 bits per heavy atom. The van der Waals surface area contributed by atoms with E-state index in [-0.39, 0.29) is 18.3 Å². The van der Waals surface area contributed by atoms with Crippen molar-refractivity contribution in [2.24, 2.45) is 0 Å². The summed E-state index contributed by atoms with van der Waals surface area (Å²) in [5.41, 5.74) is 1.08. The maximum absolute atomic E-state index is 13.5. The Balaban J connectivity index is 1.62. The second-order valence-corrected chi connectivity index (χ2v) is 9.94. The van der Waals surface area contributed by atoms with E-state index < -0.39 is 17.7 Å². The summed E-state index contributed by atoms with van der Waals surface area (Å²) in [5.74, 6) is 0.191. The van der Waals surface area contributed by atoms with E-state index in [4.69, 9.17) is 4.74 Å². The van der Waals surface area contributed by atoms with Crippen molar-refractivity contribution in [3.05, 3.63) is 42.5 Å². The van der Waals surface area contributed by atoms with Gasteiger partial charge in [0, 0.05) is 32.0 Å². The van der Waals surface area contributed by atoms with Crippen molar-refractivity contribution >= 4 is 29.5 Å². The fourth-order valence-electron chi connectivity index (χ4n) is 3.34. The van der Waals surface area contributed by atoms with Crippen LogP contribution in [0.3, 0.4) is 0 Å². The fraction of sp³-hybridized carbons (Fsp3) is 0.462. The van der Waals surface area contributed by atoms with Crippen molar-refractivity contribution in [2.75, 3.05) is 30.8 Å². The molecule has 3 rings (SSSR count). The SMILES string of the molecule is CCCNc1nc(Nc2cccc(F)c2)ncc1-c1cn(CCNC(=O)[C@H](C)N(C)C(=O)OC(C)(C)C)nn1. The Labute approximate surface area is 227 Å². The van der Waals surface area contributed by atoms with E-state index in [2.05, 4.69) is 36.2 Å². The van der Waals surface area contributed by atoms with Gasteiger partial charge >= 0.3 is 6.09 Å². The molecule has 3 aromatic rings. The summed E-state index contributed by atoms with van der Waals surface area (Å²) in [6.07, 6.45) is 3.66. The molecule has 210 valence electrons. The number of halogens is 1. The van der Waals surface area contributed by atoms with E-state index in [1.54, 1.807) is 56.9 Å². The summed E-state index contributed by atoms with van der Waals surface area (Å²) in [6.45, 7) is 10.3. The zero-order valence-corrected chi connectivity index (χ0v) is 23.2. The standard InChI is InChI=1S/C26H36FN9O3/c1-7-11-28-22-20(15-30-24(32-22)31-19-10-8-9-18(27)14-19)21-16-36(34-33-21)13-12-29-23(37)17(2)35(6)25(38)39-26(3,4)5/h8-10,14-17H,7,11-13H2,1-6H3,(H,29,37)(H2,28,30,31,32)/t17-/m0/s1. The third-order valence-corrected chi connectivity index (χ3v) is 5.51. The first kappa shape index (κ1) is 29.3. The average Bonchev–Trinajstić information content (AvgIpc) is 3.34. The number of aromatic nitrogens is 5. The quantitative estimate of drug-likeness (QED) is 0.331. The second kappa shape index (κ2) is 13.0. The van der Waals surface area contributed by atoms with Gasteiger partial charge in [0.05, 0.1) is 18.3 Å². The molecule has 0 aliphatic rings. The number of nitrogens with one attached hydrogen (secondary N) is 3. The third-order valence-electron chi connectivity index (χ3n) is 5.51. The summed E-state index contributed by atoms with van der Waals surface area (Å²) < 4.78 is 20.5. The van der Waals surface area contributed by atoms with Gasteiger partial charge in [-0.15, -0.1) is 5.10 Å². The van der Waals surface area contributed by atoms with Gasteiger partial charge in [-0.3, -0.25) is 14.4 Å². The predicted molar refractivity (Wildman–Crippen MR) is 146 cm³/mol. The number of rotatable bonds is 11. The number of likely N-dealkylation sites (N-methyl/N-ethyl adjacent to an activating group) is 1. The molecule has 1 atom stereocenters. The van der Waals surface area contributed by atoms with Gasteiger partial charge in [0.2, 0.25) is 11.9 Å². The molecule has 0 fully saturated rings. The first-order chi connectivity index (χ1) is 18.5. The van der Waals surface area contributed by atoms with E-state index in [0.29, 0.717) is 41.8 Å². The molecular formula is C26H36FN9O3. The van der Waals surface area contributed by atoms with E-state index in [0.717, 1.165) is 6.42 Å². The fourth-order valence-corrected chi connectivity index (χ4v) is 3.34. The zero-order valence-electron chi connectivity index (χ0n) is 23.2. The summed E-state index contributed by atoms with van der Waals surface area (Å²) in [7, 11) is 1.52. The topological polar surface area (TPSA) is 139 Å². The lowest BCUT2D eigenvalue weighted by Gasteiger charge is -2.28. The van der Waals surface area contributed by atoms with E-state index in [1.165, 1.54) is 24.1 Å². The van der Waals surface area contributed by atoms with Crippen molar-refractivity contribution in [2.45, 2.75) is 59.2 Å². The van der Waals surface area contributed by atoms with Crippen LogP contribution in [0.1, 0.15) is 41.0 Å². The van der Waals surface area contributed by atoms with Crippen LogP contribution in [0.4, 0.5) is 26.6 Å². The largest absolute Gasteiger partial charge is 0.444 e. The monoisotopic (exact) mass is 541 g/mol. The Hall–Kier alpha value is -4.29. The van der Waals surface area contributed by atoms with Crippen LogP contribution >= 0.6 is 0 Å². The van der Waals surface area contributed by atoms with Crippen LogP contribution < -0.4 is 16.0 Å². The highest BCUT2D eigenvalue weighted by Gasteiger charge is 2.26. The molecule has 0 spiro atoms. The Kier molecular flexibility index (Phi) is 9.74. The number of ether oxygens (including phenoxy) is 1. The molecule has 0 aliphatic carbocycles.